The number of aromatic amines is 1. The van der Waals surface area contributed by atoms with Crippen molar-refractivity contribution in [3.63, 3.8) is 0 Å². The van der Waals surface area contributed by atoms with Crippen LogP contribution in [0.4, 0.5) is 5.82 Å². The summed E-state index contributed by atoms with van der Waals surface area (Å²) in [5.41, 5.74) is 3.74. The molecule has 1 aromatic heterocycles. The Kier molecular flexibility index (Phi) is 5.22. The van der Waals surface area contributed by atoms with E-state index in [1.807, 2.05) is 6.07 Å². The zero-order chi connectivity index (χ0) is 20.4. The predicted octanol–water partition coefficient (Wildman–Crippen LogP) is 3.76. The summed E-state index contributed by atoms with van der Waals surface area (Å²) in [4.78, 5) is 15.1. The molecule has 0 bridgehead atoms. The van der Waals surface area contributed by atoms with Gasteiger partial charge in [0.15, 0.2) is 11.5 Å². The Balaban J connectivity index is 1.49. The van der Waals surface area contributed by atoms with Crippen LogP contribution in [0.2, 0.25) is 0 Å². The van der Waals surface area contributed by atoms with Gasteiger partial charge in [-0.15, -0.1) is 0 Å². The van der Waals surface area contributed by atoms with E-state index in [9.17, 15) is 4.79 Å². The molecule has 1 aliphatic heterocycles. The fourth-order valence-electron chi connectivity index (χ4n) is 3.64. The van der Waals surface area contributed by atoms with Crippen LogP contribution < -0.4 is 14.8 Å². The molecule has 2 N–H and O–H groups in total. The lowest BCUT2D eigenvalue weighted by atomic mass is 10.1. The zero-order valence-electron chi connectivity index (χ0n) is 16.7. The van der Waals surface area contributed by atoms with Gasteiger partial charge in [0.25, 0.3) is 5.91 Å². The van der Waals surface area contributed by atoms with Crippen molar-refractivity contribution >= 4 is 11.7 Å². The number of hydrogen-bond acceptors (Lipinski definition) is 5. The average Bonchev–Trinajstić information content (AvgIpc) is 3.35. The third-order valence-electron chi connectivity index (χ3n) is 5.38. The number of aromatic nitrogens is 2. The van der Waals surface area contributed by atoms with Crippen LogP contribution in [-0.4, -0.2) is 35.2 Å². The largest absolute Gasteiger partial charge is 0.493 e. The molecule has 1 aliphatic rings. The predicted molar refractivity (Wildman–Crippen MR) is 110 cm³/mol. The van der Waals surface area contributed by atoms with E-state index in [2.05, 4.69) is 51.6 Å². The molecule has 3 aromatic rings. The second-order valence-electron chi connectivity index (χ2n) is 7.04. The van der Waals surface area contributed by atoms with E-state index >= 15 is 0 Å². The van der Waals surface area contributed by atoms with Gasteiger partial charge in [-0.3, -0.25) is 14.8 Å². The second-order valence-corrected chi connectivity index (χ2v) is 7.04. The quantitative estimate of drug-likeness (QED) is 0.668. The lowest BCUT2D eigenvalue weighted by molar-refractivity contribution is 0.102. The number of rotatable bonds is 6. The summed E-state index contributed by atoms with van der Waals surface area (Å²) in [6, 6.07) is 15.7. The number of H-pyrrole nitrogens is 1. The van der Waals surface area contributed by atoms with Crippen LogP contribution in [0.1, 0.15) is 40.1 Å². The fraction of sp³-hybridized carbons (Fsp3) is 0.273. The van der Waals surface area contributed by atoms with Gasteiger partial charge in [0.1, 0.15) is 5.82 Å². The highest BCUT2D eigenvalue weighted by Crippen LogP contribution is 2.34. The van der Waals surface area contributed by atoms with Crippen molar-refractivity contribution in [2.45, 2.75) is 26.1 Å². The molecule has 29 heavy (non-hydrogen) atoms. The van der Waals surface area contributed by atoms with Crippen molar-refractivity contribution in [3.8, 4) is 11.5 Å². The molecule has 150 valence electrons. The molecule has 0 saturated heterocycles. The van der Waals surface area contributed by atoms with E-state index in [-0.39, 0.29) is 11.9 Å². The molecular formula is C22H24N4O3. The number of amides is 1. The topological polar surface area (TPSA) is 79.5 Å². The number of fused-ring (bicyclic) bond motifs is 1. The molecule has 0 radical (unpaired) electrons. The van der Waals surface area contributed by atoms with E-state index in [1.165, 1.54) is 5.56 Å². The van der Waals surface area contributed by atoms with Gasteiger partial charge in [-0.1, -0.05) is 30.3 Å². The Bertz CT molecular complexity index is 1020. The minimum atomic E-state index is -0.230. The molecule has 1 atom stereocenters. The number of carbonyl (C=O) groups excluding carboxylic acids is 1. The number of benzene rings is 2. The molecule has 0 aliphatic carbocycles. The average molecular weight is 392 g/mol. The molecule has 0 spiro atoms. The summed E-state index contributed by atoms with van der Waals surface area (Å²) in [6.07, 6.45) is 0. The number of nitrogens with zero attached hydrogens (tertiary/aromatic N) is 2. The van der Waals surface area contributed by atoms with Crippen LogP contribution in [0.25, 0.3) is 0 Å². The van der Waals surface area contributed by atoms with Gasteiger partial charge in [0, 0.05) is 30.3 Å². The highest BCUT2D eigenvalue weighted by Gasteiger charge is 2.29. The molecule has 0 saturated carbocycles. The zero-order valence-corrected chi connectivity index (χ0v) is 16.7. The summed E-state index contributed by atoms with van der Waals surface area (Å²) in [5, 5.41) is 10.3. The summed E-state index contributed by atoms with van der Waals surface area (Å²) in [6.45, 7) is 3.66. The lowest BCUT2D eigenvalue weighted by Gasteiger charge is -2.24. The summed E-state index contributed by atoms with van der Waals surface area (Å²) in [7, 11) is 3.11. The third kappa shape index (κ3) is 3.69. The van der Waals surface area contributed by atoms with E-state index in [1.54, 1.807) is 32.4 Å². The van der Waals surface area contributed by atoms with E-state index in [4.69, 9.17) is 9.47 Å². The minimum Gasteiger partial charge on any atom is -0.493 e. The first-order chi connectivity index (χ1) is 14.1. The van der Waals surface area contributed by atoms with E-state index in [0.29, 0.717) is 22.9 Å². The standard InChI is InChI=1S/C22H24N4O3/c1-14(15-7-5-4-6-8-15)26-12-17-18(13-26)24-25-21(17)23-22(27)16-9-10-19(28-2)20(11-16)29-3/h4-11,14H,12-13H2,1-3H3,(H2,23,24,25,27). The molecular weight excluding hydrogens is 368 g/mol. The fourth-order valence-corrected chi connectivity index (χ4v) is 3.64. The van der Waals surface area contributed by atoms with E-state index in [0.717, 1.165) is 24.3 Å². The maximum atomic E-state index is 12.7. The first-order valence-electron chi connectivity index (χ1n) is 9.49. The van der Waals surface area contributed by atoms with Crippen LogP contribution in [0.3, 0.4) is 0 Å². The van der Waals surface area contributed by atoms with Gasteiger partial charge in [0.2, 0.25) is 0 Å². The molecule has 7 nitrogen and oxygen atoms in total. The Labute approximate surface area is 169 Å². The van der Waals surface area contributed by atoms with Crippen LogP contribution >= 0.6 is 0 Å². The number of carbonyl (C=O) groups is 1. The maximum absolute atomic E-state index is 12.7. The Morgan fingerprint density at radius 1 is 1.10 bits per heavy atom. The smallest absolute Gasteiger partial charge is 0.256 e. The number of methoxy groups -OCH3 is 2. The van der Waals surface area contributed by atoms with Crippen LogP contribution in [0, 0.1) is 0 Å². The second kappa shape index (κ2) is 7.97. The van der Waals surface area contributed by atoms with Gasteiger partial charge in [-0.05, 0) is 30.7 Å². The van der Waals surface area contributed by atoms with Gasteiger partial charge < -0.3 is 14.8 Å². The van der Waals surface area contributed by atoms with Crippen LogP contribution in [0.15, 0.2) is 48.5 Å². The monoisotopic (exact) mass is 392 g/mol. The molecule has 4 rings (SSSR count). The summed E-state index contributed by atoms with van der Waals surface area (Å²) in [5.74, 6) is 1.50. The van der Waals surface area contributed by atoms with Gasteiger partial charge >= 0.3 is 0 Å². The first-order valence-corrected chi connectivity index (χ1v) is 9.49. The van der Waals surface area contributed by atoms with Crippen molar-refractivity contribution in [2.75, 3.05) is 19.5 Å². The number of anilines is 1. The van der Waals surface area contributed by atoms with E-state index < -0.39 is 0 Å². The van der Waals surface area contributed by atoms with Crippen LogP contribution in [-0.2, 0) is 13.1 Å². The molecule has 1 amide bonds. The van der Waals surface area contributed by atoms with Crippen molar-refractivity contribution in [1.82, 2.24) is 15.1 Å². The highest BCUT2D eigenvalue weighted by molar-refractivity contribution is 6.04. The number of hydrogen-bond donors (Lipinski definition) is 2. The van der Waals surface area contributed by atoms with Crippen LogP contribution in [0.5, 0.6) is 11.5 Å². The summed E-state index contributed by atoms with van der Waals surface area (Å²) < 4.78 is 10.5. The molecule has 7 heteroatoms. The first kappa shape index (κ1) is 19.0. The minimum absolute atomic E-state index is 0.230. The Morgan fingerprint density at radius 2 is 1.86 bits per heavy atom. The molecule has 2 aromatic carbocycles. The van der Waals surface area contributed by atoms with Crippen molar-refractivity contribution in [2.24, 2.45) is 0 Å². The highest BCUT2D eigenvalue weighted by atomic mass is 16.5. The number of ether oxygens (including phenoxy) is 2. The SMILES string of the molecule is COc1ccc(C(=O)Nc2[nH]nc3c2CN(C(C)c2ccccc2)C3)cc1OC. The van der Waals surface area contributed by atoms with Crippen molar-refractivity contribution in [1.29, 1.82) is 0 Å². The molecule has 0 fully saturated rings. The third-order valence-corrected chi connectivity index (χ3v) is 5.38. The molecule has 2 heterocycles. The van der Waals surface area contributed by atoms with Gasteiger partial charge in [-0.2, -0.15) is 5.10 Å². The maximum Gasteiger partial charge on any atom is 0.256 e. The Hall–Kier alpha value is -3.32. The Morgan fingerprint density at radius 3 is 2.59 bits per heavy atom. The van der Waals surface area contributed by atoms with Crippen molar-refractivity contribution in [3.05, 3.63) is 70.9 Å². The summed E-state index contributed by atoms with van der Waals surface area (Å²) >= 11 is 0. The molecule has 1 unspecified atom stereocenters. The number of nitrogens with one attached hydrogen (secondary N) is 2. The normalized spacial score (nSPS) is 14.3. The van der Waals surface area contributed by atoms with Crippen molar-refractivity contribution < 1.29 is 14.3 Å². The van der Waals surface area contributed by atoms with Gasteiger partial charge in [0.05, 0.1) is 19.9 Å². The lowest BCUT2D eigenvalue weighted by Crippen LogP contribution is -2.22. The van der Waals surface area contributed by atoms with Gasteiger partial charge in [-0.25, -0.2) is 0 Å².